The van der Waals surface area contributed by atoms with Crippen molar-refractivity contribution >= 4 is 26.0 Å². The average molecular weight is 352 g/mol. The normalized spacial score (nSPS) is 12.8. The van der Waals surface area contributed by atoms with Crippen molar-refractivity contribution in [3.8, 4) is 0 Å². The van der Waals surface area contributed by atoms with E-state index in [0.717, 1.165) is 18.2 Å². The molecule has 1 aromatic rings. The second-order valence-electron chi connectivity index (χ2n) is 5.32. The fraction of sp³-hybridized carbons (Fsp3) is 0.750. The number of hydrogen-bond acceptors (Lipinski definition) is 3. The summed E-state index contributed by atoms with van der Waals surface area (Å²) in [5.74, 6) is 0. The van der Waals surface area contributed by atoms with Crippen molar-refractivity contribution in [2.75, 3.05) is 11.9 Å². The summed E-state index contributed by atoms with van der Waals surface area (Å²) < 4.78 is 28.6. The SMILES string of the molecule is CCn1cnc(S(=O)(=O)NCC(C)(C)CCCBr)c1. The van der Waals surface area contributed by atoms with Crippen LogP contribution in [0.1, 0.15) is 33.6 Å². The van der Waals surface area contributed by atoms with E-state index in [0.29, 0.717) is 13.1 Å². The van der Waals surface area contributed by atoms with E-state index < -0.39 is 10.0 Å². The smallest absolute Gasteiger partial charge is 0.259 e. The highest BCUT2D eigenvalue weighted by molar-refractivity contribution is 9.09. The number of halogens is 1. The third-order valence-electron chi connectivity index (χ3n) is 2.98. The summed E-state index contributed by atoms with van der Waals surface area (Å²) in [6.45, 7) is 7.18. The number of alkyl halides is 1. The third kappa shape index (κ3) is 5.24. The van der Waals surface area contributed by atoms with Crippen LogP contribution in [0.15, 0.2) is 17.6 Å². The van der Waals surface area contributed by atoms with Crippen LogP contribution in [-0.2, 0) is 16.6 Å². The van der Waals surface area contributed by atoms with Gasteiger partial charge < -0.3 is 4.57 Å². The van der Waals surface area contributed by atoms with Crippen LogP contribution in [0, 0.1) is 5.41 Å². The Bertz CT molecular complexity index is 497. The van der Waals surface area contributed by atoms with Crippen LogP contribution in [0.2, 0.25) is 0 Å². The highest BCUT2D eigenvalue weighted by atomic mass is 79.9. The summed E-state index contributed by atoms with van der Waals surface area (Å²) >= 11 is 3.39. The Morgan fingerprint density at radius 2 is 2.16 bits per heavy atom. The van der Waals surface area contributed by atoms with Gasteiger partial charge in [0.25, 0.3) is 10.0 Å². The van der Waals surface area contributed by atoms with Crippen molar-refractivity contribution in [1.82, 2.24) is 14.3 Å². The molecule has 0 saturated carbocycles. The van der Waals surface area contributed by atoms with E-state index in [1.807, 2.05) is 6.92 Å². The molecule has 0 aromatic carbocycles. The quantitative estimate of drug-likeness (QED) is 0.731. The second-order valence-corrected chi connectivity index (χ2v) is 7.83. The van der Waals surface area contributed by atoms with Gasteiger partial charge in [0.15, 0.2) is 5.03 Å². The predicted molar refractivity (Wildman–Crippen MR) is 79.9 cm³/mol. The topological polar surface area (TPSA) is 64.0 Å². The molecule has 19 heavy (non-hydrogen) atoms. The van der Waals surface area contributed by atoms with Gasteiger partial charge in [0.05, 0.1) is 6.33 Å². The number of rotatable bonds is 8. The molecule has 0 atom stereocenters. The van der Waals surface area contributed by atoms with Crippen molar-refractivity contribution in [2.45, 2.75) is 45.2 Å². The Kier molecular flexibility index (Phi) is 6.01. The number of nitrogens with one attached hydrogen (secondary N) is 1. The molecule has 1 N–H and O–H groups in total. The molecule has 7 heteroatoms. The van der Waals surface area contributed by atoms with Gasteiger partial charge in [-0.25, -0.2) is 18.1 Å². The fourth-order valence-electron chi connectivity index (χ4n) is 1.65. The highest BCUT2D eigenvalue weighted by Gasteiger charge is 2.23. The van der Waals surface area contributed by atoms with Gasteiger partial charge in [0, 0.05) is 24.6 Å². The lowest BCUT2D eigenvalue weighted by Crippen LogP contribution is -2.34. The Morgan fingerprint density at radius 1 is 1.47 bits per heavy atom. The van der Waals surface area contributed by atoms with Gasteiger partial charge in [-0.2, -0.15) is 0 Å². The molecule has 0 spiro atoms. The lowest BCUT2D eigenvalue weighted by Gasteiger charge is -2.24. The van der Waals surface area contributed by atoms with E-state index in [-0.39, 0.29) is 10.4 Å². The first-order valence-electron chi connectivity index (χ1n) is 6.38. The molecule has 1 heterocycles. The molecular weight excluding hydrogens is 330 g/mol. The van der Waals surface area contributed by atoms with Gasteiger partial charge in [-0.3, -0.25) is 0 Å². The van der Waals surface area contributed by atoms with E-state index in [4.69, 9.17) is 0 Å². The largest absolute Gasteiger partial charge is 0.336 e. The molecular formula is C12H22BrN3O2S. The summed E-state index contributed by atoms with van der Waals surface area (Å²) in [4.78, 5) is 3.93. The first kappa shape index (κ1) is 16.7. The summed E-state index contributed by atoms with van der Waals surface area (Å²) in [5, 5.41) is 1.02. The molecule has 0 aliphatic carbocycles. The molecule has 0 aliphatic rings. The van der Waals surface area contributed by atoms with Gasteiger partial charge in [-0.05, 0) is 25.2 Å². The first-order valence-corrected chi connectivity index (χ1v) is 8.98. The zero-order chi connectivity index (χ0) is 14.5. The lowest BCUT2D eigenvalue weighted by atomic mass is 9.88. The number of aryl methyl sites for hydroxylation is 1. The molecule has 0 unspecified atom stereocenters. The maximum absolute atomic E-state index is 12.1. The molecule has 0 bridgehead atoms. The molecule has 1 aromatic heterocycles. The number of sulfonamides is 1. The van der Waals surface area contributed by atoms with Gasteiger partial charge in [-0.1, -0.05) is 29.8 Å². The Labute approximate surface area is 124 Å². The number of aromatic nitrogens is 2. The second kappa shape index (κ2) is 6.85. The third-order valence-corrected chi connectivity index (χ3v) is 4.82. The van der Waals surface area contributed by atoms with Crippen molar-refractivity contribution in [3.05, 3.63) is 12.5 Å². The van der Waals surface area contributed by atoms with E-state index >= 15 is 0 Å². The van der Waals surface area contributed by atoms with Crippen molar-refractivity contribution in [2.24, 2.45) is 5.41 Å². The summed E-state index contributed by atoms with van der Waals surface area (Å²) in [6, 6.07) is 0. The van der Waals surface area contributed by atoms with Crippen LogP contribution in [0.5, 0.6) is 0 Å². The van der Waals surface area contributed by atoms with Crippen molar-refractivity contribution in [3.63, 3.8) is 0 Å². The van der Waals surface area contributed by atoms with E-state index in [1.54, 1.807) is 10.8 Å². The van der Waals surface area contributed by atoms with Gasteiger partial charge in [0.1, 0.15) is 0 Å². The Hall–Kier alpha value is -0.400. The Balaban J connectivity index is 2.65. The molecule has 0 aliphatic heterocycles. The maximum Gasteiger partial charge on any atom is 0.259 e. The minimum absolute atomic E-state index is 0.0613. The van der Waals surface area contributed by atoms with Crippen LogP contribution >= 0.6 is 15.9 Å². The summed E-state index contributed by atoms with van der Waals surface area (Å²) in [5.41, 5.74) is -0.0613. The molecule has 5 nitrogen and oxygen atoms in total. The number of imidazole rings is 1. The predicted octanol–water partition coefficient (Wildman–Crippen LogP) is 2.38. The number of nitrogens with zero attached hydrogens (tertiary/aromatic N) is 2. The summed E-state index contributed by atoms with van der Waals surface area (Å²) in [7, 11) is -3.50. The van der Waals surface area contributed by atoms with Crippen molar-refractivity contribution in [1.29, 1.82) is 0 Å². The molecule has 0 radical (unpaired) electrons. The van der Waals surface area contributed by atoms with Gasteiger partial charge in [-0.15, -0.1) is 0 Å². The van der Waals surface area contributed by atoms with Crippen molar-refractivity contribution < 1.29 is 8.42 Å². The number of hydrogen-bond donors (Lipinski definition) is 1. The van der Waals surface area contributed by atoms with E-state index in [9.17, 15) is 8.42 Å². The van der Waals surface area contributed by atoms with Crippen LogP contribution in [0.3, 0.4) is 0 Å². The highest BCUT2D eigenvalue weighted by Crippen LogP contribution is 2.22. The maximum atomic E-state index is 12.1. The molecule has 0 saturated heterocycles. The summed E-state index contributed by atoms with van der Waals surface area (Å²) in [6.07, 6.45) is 5.07. The van der Waals surface area contributed by atoms with Crippen LogP contribution in [0.4, 0.5) is 0 Å². The first-order chi connectivity index (χ1) is 8.80. The van der Waals surface area contributed by atoms with Gasteiger partial charge >= 0.3 is 0 Å². The lowest BCUT2D eigenvalue weighted by molar-refractivity contribution is 0.332. The zero-order valence-electron chi connectivity index (χ0n) is 11.7. The minimum Gasteiger partial charge on any atom is -0.336 e. The monoisotopic (exact) mass is 351 g/mol. The zero-order valence-corrected chi connectivity index (χ0v) is 14.1. The minimum atomic E-state index is -3.50. The van der Waals surface area contributed by atoms with E-state index in [2.05, 4.69) is 39.5 Å². The average Bonchev–Trinajstić information content (AvgIpc) is 2.84. The van der Waals surface area contributed by atoms with Gasteiger partial charge in [0.2, 0.25) is 0 Å². The molecule has 110 valence electrons. The molecule has 0 amide bonds. The van der Waals surface area contributed by atoms with Crippen LogP contribution in [-0.4, -0.2) is 29.8 Å². The standard InChI is InChI=1S/C12H22BrN3O2S/c1-4-16-8-11(14-10-16)19(17,18)15-9-12(2,3)6-5-7-13/h8,10,15H,4-7,9H2,1-3H3. The Morgan fingerprint density at radius 3 is 2.68 bits per heavy atom. The van der Waals surface area contributed by atoms with Crippen LogP contribution < -0.4 is 4.72 Å². The van der Waals surface area contributed by atoms with E-state index in [1.165, 1.54) is 6.33 Å². The molecule has 1 rings (SSSR count). The fourth-order valence-corrected chi connectivity index (χ4v) is 3.12. The molecule has 0 fully saturated rings. The van der Waals surface area contributed by atoms with Crippen LogP contribution in [0.25, 0.3) is 0 Å².